The van der Waals surface area contributed by atoms with Crippen molar-refractivity contribution in [3.8, 4) is 0 Å². The standard InChI is InChI=1S/C14H17NO2S/c1-8-2-5-12-11(6-8)13-9-3-4-10(7-9)14(13)18(16,17)15-12/h2,5-6,9-10,13-15H,3-4,7H2,1H3/t9-,10+,13-,14-/m0/s1. The summed E-state index contributed by atoms with van der Waals surface area (Å²) >= 11 is 0. The van der Waals surface area contributed by atoms with E-state index in [0.717, 1.165) is 18.5 Å². The summed E-state index contributed by atoms with van der Waals surface area (Å²) in [5.41, 5.74) is 3.27. The summed E-state index contributed by atoms with van der Waals surface area (Å²) in [6.07, 6.45) is 3.40. The van der Waals surface area contributed by atoms with Crippen LogP contribution in [0.1, 0.15) is 36.3 Å². The van der Waals surface area contributed by atoms with Crippen LogP contribution in [0.3, 0.4) is 0 Å². The van der Waals surface area contributed by atoms with E-state index in [-0.39, 0.29) is 11.2 Å². The Balaban J connectivity index is 1.94. The topological polar surface area (TPSA) is 46.2 Å². The SMILES string of the molecule is Cc1ccc2c(c1)[C@@H]1[C@H]3CC[C@H](C3)[C@@H]1S(=O)(=O)N2. The molecular formula is C14H17NO2S. The maximum absolute atomic E-state index is 12.4. The fourth-order valence-electron chi connectivity index (χ4n) is 4.39. The van der Waals surface area contributed by atoms with Gasteiger partial charge in [-0.15, -0.1) is 0 Å². The number of hydrogen-bond acceptors (Lipinski definition) is 2. The largest absolute Gasteiger partial charge is 0.283 e. The fourth-order valence-corrected chi connectivity index (χ4v) is 6.53. The lowest BCUT2D eigenvalue weighted by atomic mass is 9.81. The van der Waals surface area contributed by atoms with Crippen LogP contribution in [0, 0.1) is 18.8 Å². The smallest absolute Gasteiger partial charge is 0.236 e. The summed E-state index contributed by atoms with van der Waals surface area (Å²) in [6, 6.07) is 6.08. The van der Waals surface area contributed by atoms with Crippen molar-refractivity contribution in [2.75, 3.05) is 4.72 Å². The highest BCUT2D eigenvalue weighted by Crippen LogP contribution is 2.58. The molecule has 0 radical (unpaired) electrons. The van der Waals surface area contributed by atoms with Crippen molar-refractivity contribution < 1.29 is 8.42 Å². The average Bonchev–Trinajstić information content (AvgIpc) is 2.90. The van der Waals surface area contributed by atoms with Gasteiger partial charge in [-0.05, 0) is 49.7 Å². The molecule has 2 fully saturated rings. The zero-order valence-corrected chi connectivity index (χ0v) is 11.2. The Morgan fingerprint density at radius 1 is 1.22 bits per heavy atom. The predicted molar refractivity (Wildman–Crippen MR) is 71.1 cm³/mol. The van der Waals surface area contributed by atoms with Crippen molar-refractivity contribution >= 4 is 15.7 Å². The quantitative estimate of drug-likeness (QED) is 0.782. The van der Waals surface area contributed by atoms with E-state index in [0.29, 0.717) is 11.8 Å². The summed E-state index contributed by atoms with van der Waals surface area (Å²) in [5.74, 6) is 1.20. The lowest BCUT2D eigenvalue weighted by molar-refractivity contribution is 0.411. The van der Waals surface area contributed by atoms with Crippen LogP contribution in [-0.4, -0.2) is 13.7 Å². The molecule has 0 unspecified atom stereocenters. The molecule has 1 aliphatic heterocycles. The van der Waals surface area contributed by atoms with Gasteiger partial charge in [0.1, 0.15) is 0 Å². The third-order valence-corrected chi connectivity index (χ3v) is 6.92. The van der Waals surface area contributed by atoms with E-state index in [9.17, 15) is 8.42 Å². The van der Waals surface area contributed by atoms with Gasteiger partial charge in [0.05, 0.1) is 10.9 Å². The first-order valence-corrected chi connectivity index (χ1v) is 8.23. The first-order valence-electron chi connectivity index (χ1n) is 6.68. The Morgan fingerprint density at radius 2 is 2.00 bits per heavy atom. The maximum atomic E-state index is 12.4. The zero-order valence-electron chi connectivity index (χ0n) is 10.4. The minimum Gasteiger partial charge on any atom is -0.283 e. The van der Waals surface area contributed by atoms with Crippen LogP contribution in [0.5, 0.6) is 0 Å². The normalized spacial score (nSPS) is 38.9. The van der Waals surface area contributed by atoms with Gasteiger partial charge in [0.25, 0.3) is 0 Å². The minimum absolute atomic E-state index is 0.175. The van der Waals surface area contributed by atoms with Crippen LogP contribution in [0.25, 0.3) is 0 Å². The first kappa shape index (κ1) is 10.9. The number of nitrogens with one attached hydrogen (secondary N) is 1. The molecule has 1 N–H and O–H groups in total. The summed E-state index contributed by atoms with van der Waals surface area (Å²) < 4.78 is 27.6. The van der Waals surface area contributed by atoms with Crippen molar-refractivity contribution in [2.24, 2.45) is 11.8 Å². The van der Waals surface area contributed by atoms with Crippen LogP contribution < -0.4 is 4.72 Å². The van der Waals surface area contributed by atoms with E-state index in [1.165, 1.54) is 17.5 Å². The van der Waals surface area contributed by atoms with Gasteiger partial charge < -0.3 is 0 Å². The fraction of sp³-hybridized carbons (Fsp3) is 0.571. The van der Waals surface area contributed by atoms with Gasteiger partial charge in [0.15, 0.2) is 0 Å². The molecule has 4 rings (SSSR count). The molecule has 1 aromatic rings. The number of benzene rings is 1. The molecule has 2 bridgehead atoms. The minimum atomic E-state index is -3.17. The zero-order chi connectivity index (χ0) is 12.5. The molecule has 96 valence electrons. The molecule has 0 spiro atoms. The van der Waals surface area contributed by atoms with Crippen LogP contribution in [0.4, 0.5) is 5.69 Å². The molecule has 2 saturated carbocycles. The second kappa shape index (κ2) is 3.29. The summed E-state index contributed by atoms with van der Waals surface area (Å²) in [4.78, 5) is 0. The Labute approximate surface area is 108 Å². The molecule has 0 aromatic heterocycles. The number of sulfonamides is 1. The van der Waals surface area contributed by atoms with Gasteiger partial charge in [-0.1, -0.05) is 17.7 Å². The number of rotatable bonds is 0. The Kier molecular flexibility index (Phi) is 1.99. The van der Waals surface area contributed by atoms with Crippen molar-refractivity contribution in [1.82, 2.24) is 0 Å². The van der Waals surface area contributed by atoms with E-state index >= 15 is 0 Å². The van der Waals surface area contributed by atoms with Crippen molar-refractivity contribution in [3.05, 3.63) is 29.3 Å². The Morgan fingerprint density at radius 3 is 2.83 bits per heavy atom. The van der Waals surface area contributed by atoms with Gasteiger partial charge in [0, 0.05) is 5.92 Å². The molecule has 18 heavy (non-hydrogen) atoms. The summed E-state index contributed by atoms with van der Waals surface area (Å²) in [5, 5.41) is -0.175. The van der Waals surface area contributed by atoms with E-state index in [2.05, 4.69) is 17.7 Å². The van der Waals surface area contributed by atoms with Crippen molar-refractivity contribution in [2.45, 2.75) is 37.4 Å². The highest BCUT2D eigenvalue weighted by atomic mass is 32.2. The monoisotopic (exact) mass is 263 g/mol. The van der Waals surface area contributed by atoms with Gasteiger partial charge in [-0.25, -0.2) is 8.42 Å². The predicted octanol–water partition coefficient (Wildman–Crippen LogP) is 2.63. The first-order chi connectivity index (χ1) is 8.56. The number of hydrogen-bond donors (Lipinski definition) is 1. The average molecular weight is 263 g/mol. The van der Waals surface area contributed by atoms with E-state index in [1.807, 2.05) is 12.1 Å². The molecule has 3 nitrogen and oxygen atoms in total. The van der Waals surface area contributed by atoms with Gasteiger partial charge in [-0.3, -0.25) is 4.72 Å². The van der Waals surface area contributed by atoms with Gasteiger partial charge in [-0.2, -0.15) is 0 Å². The lowest BCUT2D eigenvalue weighted by Crippen LogP contribution is -2.41. The molecule has 0 saturated heterocycles. The maximum Gasteiger partial charge on any atom is 0.236 e. The van der Waals surface area contributed by atoms with E-state index < -0.39 is 10.0 Å². The van der Waals surface area contributed by atoms with Gasteiger partial charge in [0.2, 0.25) is 10.0 Å². The number of aryl methyl sites for hydroxylation is 1. The highest BCUT2D eigenvalue weighted by molar-refractivity contribution is 7.93. The Hall–Kier alpha value is -1.03. The molecule has 4 heteroatoms. The second-order valence-corrected chi connectivity index (χ2v) is 7.90. The van der Waals surface area contributed by atoms with Crippen molar-refractivity contribution in [3.63, 3.8) is 0 Å². The van der Waals surface area contributed by atoms with Crippen LogP contribution in [-0.2, 0) is 10.0 Å². The van der Waals surface area contributed by atoms with Gasteiger partial charge >= 0.3 is 0 Å². The lowest BCUT2D eigenvalue weighted by Gasteiger charge is -2.36. The van der Waals surface area contributed by atoms with Crippen LogP contribution in [0.15, 0.2) is 18.2 Å². The summed E-state index contributed by atoms with van der Waals surface area (Å²) in [7, 11) is -3.17. The van der Waals surface area contributed by atoms with Crippen LogP contribution >= 0.6 is 0 Å². The third-order valence-electron chi connectivity index (χ3n) is 5.02. The van der Waals surface area contributed by atoms with E-state index in [4.69, 9.17) is 0 Å². The van der Waals surface area contributed by atoms with Crippen LogP contribution in [0.2, 0.25) is 0 Å². The molecule has 4 atom stereocenters. The third kappa shape index (κ3) is 1.27. The number of fused-ring (bicyclic) bond motifs is 7. The number of anilines is 1. The molecule has 1 heterocycles. The summed E-state index contributed by atoms with van der Waals surface area (Å²) in [6.45, 7) is 2.07. The second-order valence-electron chi connectivity index (χ2n) is 6.06. The molecular weight excluding hydrogens is 246 g/mol. The molecule has 0 amide bonds. The molecule has 3 aliphatic rings. The Bertz CT molecular complexity index is 623. The highest BCUT2D eigenvalue weighted by Gasteiger charge is 2.56. The molecule has 2 aliphatic carbocycles. The molecule has 1 aromatic carbocycles. The van der Waals surface area contributed by atoms with E-state index in [1.54, 1.807) is 0 Å². The van der Waals surface area contributed by atoms with Crippen molar-refractivity contribution in [1.29, 1.82) is 0 Å².